The highest BCUT2D eigenvalue weighted by Crippen LogP contribution is 2.60. The van der Waals surface area contributed by atoms with Crippen LogP contribution in [0.4, 0.5) is 0 Å². The molecule has 0 aromatic heterocycles. The second-order valence-corrected chi connectivity index (χ2v) is 6.39. The van der Waals surface area contributed by atoms with E-state index in [4.69, 9.17) is 4.74 Å². The zero-order valence-electron chi connectivity index (χ0n) is 9.92. The Morgan fingerprint density at radius 2 is 1.71 bits per heavy atom. The molecule has 1 saturated carbocycles. The molecule has 2 nitrogen and oxygen atoms in total. The lowest BCUT2D eigenvalue weighted by atomic mass is 9.73. The molecular weight excluding hydrogens is 176 g/mol. The van der Waals surface area contributed by atoms with Crippen LogP contribution in [-0.2, 0) is 4.74 Å². The van der Waals surface area contributed by atoms with Crippen molar-refractivity contribution in [2.45, 2.75) is 58.8 Å². The van der Waals surface area contributed by atoms with Crippen LogP contribution in [0.3, 0.4) is 0 Å². The lowest BCUT2D eigenvalue weighted by Crippen LogP contribution is -2.35. The highest BCUT2D eigenvalue weighted by Gasteiger charge is 2.63. The smallest absolute Gasteiger partial charge is 0.169 e. The van der Waals surface area contributed by atoms with Crippen LogP contribution in [0, 0.1) is 17.3 Å². The van der Waals surface area contributed by atoms with E-state index in [9.17, 15) is 5.11 Å². The van der Waals surface area contributed by atoms with Crippen molar-refractivity contribution in [2.24, 2.45) is 17.3 Å². The highest BCUT2D eigenvalue weighted by molar-refractivity contribution is 5.06. The van der Waals surface area contributed by atoms with Gasteiger partial charge in [0.2, 0.25) is 0 Å². The van der Waals surface area contributed by atoms with Gasteiger partial charge in [-0.25, -0.2) is 0 Å². The lowest BCUT2D eigenvalue weighted by Gasteiger charge is -2.31. The predicted octanol–water partition coefficient (Wildman–Crippen LogP) is 2.56. The number of hydrogen-bond donors (Lipinski definition) is 1. The fourth-order valence-corrected chi connectivity index (χ4v) is 3.32. The summed E-state index contributed by atoms with van der Waals surface area (Å²) < 4.78 is 5.82. The van der Waals surface area contributed by atoms with Crippen molar-refractivity contribution in [3.63, 3.8) is 0 Å². The summed E-state index contributed by atoms with van der Waals surface area (Å²) in [6, 6.07) is 0. The molecule has 1 aliphatic heterocycles. The zero-order valence-corrected chi connectivity index (χ0v) is 9.92. The minimum atomic E-state index is -0.855. The molecule has 3 unspecified atom stereocenters. The quantitative estimate of drug-likeness (QED) is 0.648. The van der Waals surface area contributed by atoms with E-state index in [0.717, 1.165) is 12.8 Å². The van der Waals surface area contributed by atoms with Gasteiger partial charge in [-0.1, -0.05) is 20.8 Å². The number of ether oxygens (including phenoxy) is 1. The number of aliphatic hydroxyl groups is 1. The van der Waals surface area contributed by atoms with Crippen molar-refractivity contribution in [1.82, 2.24) is 0 Å². The minimum Gasteiger partial charge on any atom is -0.365 e. The van der Waals surface area contributed by atoms with Gasteiger partial charge >= 0.3 is 0 Å². The first-order valence-electron chi connectivity index (χ1n) is 5.60. The zero-order chi connectivity index (χ0) is 10.8. The molecule has 2 rings (SSSR count). The summed E-state index contributed by atoms with van der Waals surface area (Å²) in [5.41, 5.74) is 0.0410. The fourth-order valence-electron chi connectivity index (χ4n) is 3.32. The molecule has 1 aliphatic carbocycles. The van der Waals surface area contributed by atoms with E-state index in [2.05, 4.69) is 34.6 Å². The molecule has 0 bridgehead atoms. The van der Waals surface area contributed by atoms with Crippen LogP contribution < -0.4 is 0 Å². The Labute approximate surface area is 86.6 Å². The van der Waals surface area contributed by atoms with Gasteiger partial charge in [0, 0.05) is 12.3 Å². The van der Waals surface area contributed by atoms with E-state index >= 15 is 0 Å². The first-order valence-corrected chi connectivity index (χ1v) is 5.60. The summed E-state index contributed by atoms with van der Waals surface area (Å²) in [6.45, 7) is 10.9. The van der Waals surface area contributed by atoms with Crippen LogP contribution in [0.5, 0.6) is 0 Å². The van der Waals surface area contributed by atoms with Crippen LogP contribution >= 0.6 is 0 Å². The standard InChI is InChI=1S/C12H22O2/c1-8-6-12(13)9(11(8,4)5)7-10(2,3)14-12/h8-9,13H,6-7H2,1-5H3. The molecule has 2 aliphatic rings. The first kappa shape index (κ1) is 10.4. The second-order valence-electron chi connectivity index (χ2n) is 6.39. The summed E-state index contributed by atoms with van der Waals surface area (Å²) in [5, 5.41) is 10.5. The van der Waals surface area contributed by atoms with Gasteiger partial charge in [0.1, 0.15) is 0 Å². The lowest BCUT2D eigenvalue weighted by molar-refractivity contribution is -0.226. The summed E-state index contributed by atoms with van der Waals surface area (Å²) in [5.74, 6) is -0.0273. The van der Waals surface area contributed by atoms with Crippen molar-refractivity contribution < 1.29 is 9.84 Å². The molecule has 3 atom stereocenters. The van der Waals surface area contributed by atoms with Crippen LogP contribution in [0.1, 0.15) is 47.5 Å². The average Bonchev–Trinajstić information content (AvgIpc) is 2.27. The average molecular weight is 198 g/mol. The van der Waals surface area contributed by atoms with Crippen LogP contribution in [0.25, 0.3) is 0 Å². The molecule has 0 aromatic rings. The molecule has 0 amide bonds. The highest BCUT2D eigenvalue weighted by atomic mass is 16.6. The van der Waals surface area contributed by atoms with Gasteiger partial charge in [0.05, 0.1) is 5.60 Å². The number of hydrogen-bond acceptors (Lipinski definition) is 2. The van der Waals surface area contributed by atoms with Crippen molar-refractivity contribution in [1.29, 1.82) is 0 Å². The first-order chi connectivity index (χ1) is 6.17. The largest absolute Gasteiger partial charge is 0.365 e. The van der Waals surface area contributed by atoms with E-state index in [1.54, 1.807) is 0 Å². The van der Waals surface area contributed by atoms with E-state index in [0.29, 0.717) is 11.8 Å². The Balaban J connectivity index is 2.33. The third kappa shape index (κ3) is 1.24. The summed E-state index contributed by atoms with van der Waals surface area (Å²) in [4.78, 5) is 0. The molecule has 0 aromatic carbocycles. The Hall–Kier alpha value is -0.0800. The molecule has 82 valence electrons. The minimum absolute atomic E-state index is 0.156. The van der Waals surface area contributed by atoms with Crippen molar-refractivity contribution in [2.75, 3.05) is 0 Å². The Kier molecular flexibility index (Phi) is 1.89. The van der Waals surface area contributed by atoms with E-state index in [1.807, 2.05) is 0 Å². The molecule has 2 heteroatoms. The summed E-state index contributed by atoms with van der Waals surface area (Å²) >= 11 is 0. The maximum Gasteiger partial charge on any atom is 0.169 e. The van der Waals surface area contributed by atoms with Gasteiger partial charge in [-0.05, 0) is 31.6 Å². The monoisotopic (exact) mass is 198 g/mol. The molecular formula is C12H22O2. The molecule has 0 spiro atoms. The summed E-state index contributed by atoms with van der Waals surface area (Å²) in [7, 11) is 0. The normalized spacial score (nSPS) is 49.3. The SMILES string of the molecule is CC1CC2(O)OC(C)(C)CC2C1(C)C. The second kappa shape index (κ2) is 2.53. The molecule has 1 N–H and O–H groups in total. The topological polar surface area (TPSA) is 29.5 Å². The van der Waals surface area contributed by atoms with Gasteiger partial charge < -0.3 is 9.84 Å². The number of rotatable bonds is 0. The molecule has 14 heavy (non-hydrogen) atoms. The van der Waals surface area contributed by atoms with Gasteiger partial charge in [-0.15, -0.1) is 0 Å². The fraction of sp³-hybridized carbons (Fsp3) is 1.00. The van der Waals surface area contributed by atoms with E-state index in [-0.39, 0.29) is 11.0 Å². The number of fused-ring (bicyclic) bond motifs is 1. The maximum absolute atomic E-state index is 10.5. The molecule has 2 fully saturated rings. The Morgan fingerprint density at radius 3 is 2.21 bits per heavy atom. The molecule has 1 saturated heterocycles. The Morgan fingerprint density at radius 1 is 1.14 bits per heavy atom. The third-order valence-corrected chi connectivity index (χ3v) is 4.46. The molecule has 1 heterocycles. The van der Waals surface area contributed by atoms with Gasteiger partial charge in [-0.3, -0.25) is 0 Å². The van der Waals surface area contributed by atoms with Crippen LogP contribution in [-0.4, -0.2) is 16.5 Å². The predicted molar refractivity (Wildman–Crippen MR) is 55.8 cm³/mol. The van der Waals surface area contributed by atoms with Crippen molar-refractivity contribution in [3.05, 3.63) is 0 Å². The van der Waals surface area contributed by atoms with E-state index in [1.165, 1.54) is 0 Å². The van der Waals surface area contributed by atoms with Gasteiger partial charge in [0.15, 0.2) is 5.79 Å². The third-order valence-electron chi connectivity index (χ3n) is 4.46. The van der Waals surface area contributed by atoms with Gasteiger partial charge in [-0.2, -0.15) is 0 Å². The molecule has 0 radical (unpaired) electrons. The Bertz CT molecular complexity index is 257. The van der Waals surface area contributed by atoms with Crippen molar-refractivity contribution in [3.8, 4) is 0 Å². The van der Waals surface area contributed by atoms with Gasteiger partial charge in [0.25, 0.3) is 0 Å². The van der Waals surface area contributed by atoms with Crippen molar-refractivity contribution >= 4 is 0 Å². The summed E-state index contributed by atoms with van der Waals surface area (Å²) in [6.07, 6.45) is 1.76. The van der Waals surface area contributed by atoms with Crippen LogP contribution in [0.2, 0.25) is 0 Å². The van der Waals surface area contributed by atoms with E-state index < -0.39 is 5.79 Å². The maximum atomic E-state index is 10.5. The van der Waals surface area contributed by atoms with Crippen LogP contribution in [0.15, 0.2) is 0 Å².